The number of aliphatic carboxylic acids is 1. The number of rotatable bonds is 1. The van der Waals surface area contributed by atoms with E-state index in [-0.39, 0.29) is 18.5 Å². The minimum absolute atomic E-state index is 0.0146. The fourth-order valence-corrected chi connectivity index (χ4v) is 0.956. The molecule has 1 saturated heterocycles. The lowest BCUT2D eigenvalue weighted by atomic mass is 10.2. The van der Waals surface area contributed by atoms with Crippen LogP contribution in [0.15, 0.2) is 11.7 Å². The third kappa shape index (κ3) is 1.74. The smallest absolute Gasteiger partial charge is 0.321 e. The summed E-state index contributed by atoms with van der Waals surface area (Å²) in [6.45, 7) is -0.0146. The zero-order valence-electron chi connectivity index (χ0n) is 5.60. The maximum atomic E-state index is 11.8. The third-order valence-electron chi connectivity index (χ3n) is 1.58. The van der Waals surface area contributed by atoms with Crippen molar-refractivity contribution in [1.82, 2.24) is 5.32 Å². The van der Waals surface area contributed by atoms with Crippen molar-refractivity contribution in [3.63, 3.8) is 0 Å². The predicted octanol–water partition coefficient (Wildman–Crippen LogP) is 0.584. The fourth-order valence-electron chi connectivity index (χ4n) is 0.956. The molecule has 11 heavy (non-hydrogen) atoms. The van der Waals surface area contributed by atoms with E-state index in [2.05, 4.69) is 5.32 Å². The first kappa shape index (κ1) is 8.13. The summed E-state index contributed by atoms with van der Waals surface area (Å²) in [5, 5.41) is 10.8. The highest BCUT2D eigenvalue weighted by atomic mass is 19.3. The van der Waals surface area contributed by atoms with Gasteiger partial charge in [0.25, 0.3) is 6.08 Å². The van der Waals surface area contributed by atoms with Crippen LogP contribution in [0.2, 0.25) is 0 Å². The minimum Gasteiger partial charge on any atom is -0.480 e. The summed E-state index contributed by atoms with van der Waals surface area (Å²) in [6, 6.07) is -0.841. The first-order valence-electron chi connectivity index (χ1n) is 3.10. The van der Waals surface area contributed by atoms with Crippen LogP contribution in [0.5, 0.6) is 0 Å². The number of carboxylic acid groups (broad SMARTS) is 1. The van der Waals surface area contributed by atoms with Gasteiger partial charge in [0.1, 0.15) is 6.04 Å². The number of carbonyl (C=O) groups is 1. The Hall–Kier alpha value is -0.970. The van der Waals surface area contributed by atoms with E-state index in [9.17, 15) is 13.6 Å². The molecular weight excluding hydrogens is 156 g/mol. The molecule has 0 bridgehead atoms. The van der Waals surface area contributed by atoms with Crippen molar-refractivity contribution in [1.29, 1.82) is 0 Å². The average Bonchev–Trinajstić information content (AvgIpc) is 2.33. The molecule has 62 valence electrons. The van der Waals surface area contributed by atoms with Crippen LogP contribution in [0.4, 0.5) is 8.78 Å². The van der Waals surface area contributed by atoms with Crippen molar-refractivity contribution < 1.29 is 18.7 Å². The van der Waals surface area contributed by atoms with E-state index < -0.39 is 18.1 Å². The summed E-state index contributed by atoms with van der Waals surface area (Å²) >= 11 is 0. The lowest BCUT2D eigenvalue weighted by molar-refractivity contribution is -0.138. The van der Waals surface area contributed by atoms with Crippen molar-refractivity contribution in [2.45, 2.75) is 12.5 Å². The molecule has 0 unspecified atom stereocenters. The Bertz CT molecular complexity index is 211. The summed E-state index contributed by atoms with van der Waals surface area (Å²) in [5.74, 6) is -1.08. The normalized spacial score (nSPS) is 23.8. The van der Waals surface area contributed by atoms with E-state index in [0.29, 0.717) is 0 Å². The van der Waals surface area contributed by atoms with Crippen LogP contribution >= 0.6 is 0 Å². The second-order valence-corrected chi connectivity index (χ2v) is 2.34. The van der Waals surface area contributed by atoms with Crippen LogP contribution in [-0.2, 0) is 4.79 Å². The highest BCUT2D eigenvalue weighted by Crippen LogP contribution is 2.18. The lowest BCUT2D eigenvalue weighted by Gasteiger charge is -1.99. The van der Waals surface area contributed by atoms with Crippen molar-refractivity contribution >= 4 is 5.97 Å². The molecule has 1 rings (SSSR count). The zero-order valence-corrected chi connectivity index (χ0v) is 5.60. The van der Waals surface area contributed by atoms with Gasteiger partial charge < -0.3 is 10.4 Å². The SMILES string of the molecule is O=C(O)[C@@H]1CC(=C(F)F)CN1. The summed E-state index contributed by atoms with van der Waals surface area (Å²) in [4.78, 5) is 10.2. The molecule has 2 N–H and O–H groups in total. The van der Waals surface area contributed by atoms with E-state index in [1.54, 1.807) is 0 Å². The van der Waals surface area contributed by atoms with Gasteiger partial charge in [-0.2, -0.15) is 8.78 Å². The number of carboxylic acids is 1. The second kappa shape index (κ2) is 2.96. The topological polar surface area (TPSA) is 49.3 Å². The number of halogens is 2. The Morgan fingerprint density at radius 3 is 2.55 bits per heavy atom. The Morgan fingerprint density at radius 2 is 2.27 bits per heavy atom. The molecule has 1 atom stereocenters. The molecule has 0 spiro atoms. The molecule has 0 aromatic rings. The maximum Gasteiger partial charge on any atom is 0.321 e. The van der Waals surface area contributed by atoms with Crippen LogP contribution < -0.4 is 5.32 Å². The molecule has 1 fully saturated rings. The Kier molecular flexibility index (Phi) is 2.19. The van der Waals surface area contributed by atoms with E-state index in [1.807, 2.05) is 0 Å². The Morgan fingerprint density at radius 1 is 1.64 bits per heavy atom. The predicted molar refractivity (Wildman–Crippen MR) is 33.3 cm³/mol. The van der Waals surface area contributed by atoms with Crippen molar-refractivity contribution in [3.8, 4) is 0 Å². The van der Waals surface area contributed by atoms with Crippen LogP contribution in [0.3, 0.4) is 0 Å². The summed E-state index contributed by atoms with van der Waals surface area (Å²) in [7, 11) is 0. The van der Waals surface area contributed by atoms with Crippen LogP contribution in [0.1, 0.15) is 6.42 Å². The molecule has 1 aliphatic heterocycles. The van der Waals surface area contributed by atoms with Crippen molar-refractivity contribution in [2.75, 3.05) is 6.54 Å². The van der Waals surface area contributed by atoms with Gasteiger partial charge in [-0.3, -0.25) is 4.79 Å². The monoisotopic (exact) mass is 163 g/mol. The first-order chi connectivity index (χ1) is 5.11. The average molecular weight is 163 g/mol. The molecule has 0 radical (unpaired) electrons. The van der Waals surface area contributed by atoms with E-state index in [0.717, 1.165) is 0 Å². The van der Waals surface area contributed by atoms with Gasteiger partial charge in [0.2, 0.25) is 0 Å². The summed E-state index contributed by atoms with van der Waals surface area (Å²) in [5.41, 5.74) is -0.0996. The van der Waals surface area contributed by atoms with Gasteiger partial charge in [0.15, 0.2) is 0 Å². The van der Waals surface area contributed by atoms with Gasteiger partial charge in [-0.05, 0) is 0 Å². The van der Waals surface area contributed by atoms with E-state index >= 15 is 0 Å². The van der Waals surface area contributed by atoms with Crippen LogP contribution in [-0.4, -0.2) is 23.7 Å². The van der Waals surface area contributed by atoms with Crippen molar-refractivity contribution in [3.05, 3.63) is 11.7 Å². The van der Waals surface area contributed by atoms with Gasteiger partial charge >= 0.3 is 5.97 Å². The van der Waals surface area contributed by atoms with E-state index in [4.69, 9.17) is 5.11 Å². The van der Waals surface area contributed by atoms with Crippen molar-refractivity contribution in [2.24, 2.45) is 0 Å². The lowest BCUT2D eigenvalue weighted by Crippen LogP contribution is -2.29. The molecular formula is C6H7F2NO2. The Labute approximate surface area is 61.7 Å². The van der Waals surface area contributed by atoms with Gasteiger partial charge in [-0.1, -0.05) is 0 Å². The molecule has 0 aromatic carbocycles. The number of hydrogen-bond acceptors (Lipinski definition) is 2. The van der Waals surface area contributed by atoms with Crippen LogP contribution in [0, 0.1) is 0 Å². The Balaban J connectivity index is 2.61. The molecule has 0 aromatic heterocycles. The second-order valence-electron chi connectivity index (χ2n) is 2.34. The minimum atomic E-state index is -1.76. The van der Waals surface area contributed by atoms with Gasteiger partial charge in [0, 0.05) is 18.5 Å². The molecule has 5 heteroatoms. The van der Waals surface area contributed by atoms with Crippen LogP contribution in [0.25, 0.3) is 0 Å². The van der Waals surface area contributed by atoms with E-state index in [1.165, 1.54) is 0 Å². The highest BCUT2D eigenvalue weighted by Gasteiger charge is 2.27. The molecule has 3 nitrogen and oxygen atoms in total. The van der Waals surface area contributed by atoms with Gasteiger partial charge in [-0.15, -0.1) is 0 Å². The highest BCUT2D eigenvalue weighted by molar-refractivity contribution is 5.74. The molecule has 0 aliphatic carbocycles. The van der Waals surface area contributed by atoms with Gasteiger partial charge in [-0.25, -0.2) is 0 Å². The molecule has 1 aliphatic rings. The number of hydrogen-bond donors (Lipinski definition) is 2. The van der Waals surface area contributed by atoms with Gasteiger partial charge in [0.05, 0.1) is 0 Å². The number of nitrogens with one attached hydrogen (secondary N) is 1. The maximum absolute atomic E-state index is 11.8. The fraction of sp³-hybridized carbons (Fsp3) is 0.500. The summed E-state index contributed by atoms with van der Waals surface area (Å²) < 4.78 is 23.6. The third-order valence-corrected chi connectivity index (χ3v) is 1.58. The summed E-state index contributed by atoms with van der Waals surface area (Å²) in [6.07, 6.45) is -1.85. The molecule has 1 heterocycles. The first-order valence-corrected chi connectivity index (χ1v) is 3.10. The zero-order chi connectivity index (χ0) is 8.43. The molecule has 0 amide bonds. The largest absolute Gasteiger partial charge is 0.480 e. The molecule has 0 saturated carbocycles. The quantitative estimate of drug-likeness (QED) is 0.594. The standard InChI is InChI=1S/C6H7F2NO2/c7-5(8)3-1-4(6(10)11)9-2-3/h4,9H,1-2H2,(H,10,11)/t4-/m0/s1.